The first-order chi connectivity index (χ1) is 22.6. The fraction of sp³-hybridized carbons (Fsp3) is 0.333. The highest BCUT2D eigenvalue weighted by molar-refractivity contribution is 7.48. The van der Waals surface area contributed by atoms with Crippen molar-refractivity contribution >= 4 is 7.82 Å². The zero-order valence-electron chi connectivity index (χ0n) is 25.7. The number of methoxy groups -OCH3 is 1. The van der Waals surface area contributed by atoms with Crippen molar-refractivity contribution in [3.63, 3.8) is 0 Å². The number of rotatable bonds is 16. The lowest BCUT2D eigenvalue weighted by molar-refractivity contribution is -0.275. The van der Waals surface area contributed by atoms with Crippen LogP contribution in [0.15, 0.2) is 121 Å². The molecule has 0 aliphatic carbocycles. The molecule has 46 heavy (non-hydrogen) atoms. The molecule has 2 saturated heterocycles. The maximum atomic E-state index is 14.0. The average molecular weight is 647 g/mol. The molecule has 4 aromatic carbocycles. The maximum Gasteiger partial charge on any atom is 0.475 e. The van der Waals surface area contributed by atoms with Gasteiger partial charge in [0.05, 0.1) is 33.0 Å². The molecule has 242 valence electrons. The highest BCUT2D eigenvalue weighted by atomic mass is 31.2. The minimum absolute atomic E-state index is 0.0466. The minimum atomic E-state index is -4.05. The Kier molecular flexibility index (Phi) is 11.4. The van der Waals surface area contributed by atoms with Crippen LogP contribution in [0.1, 0.15) is 22.3 Å². The van der Waals surface area contributed by atoms with Gasteiger partial charge in [-0.15, -0.1) is 0 Å². The van der Waals surface area contributed by atoms with E-state index in [1.165, 1.54) is 0 Å². The largest absolute Gasteiger partial charge is 0.475 e. The van der Waals surface area contributed by atoms with Gasteiger partial charge >= 0.3 is 7.82 Å². The van der Waals surface area contributed by atoms with E-state index in [1.54, 1.807) is 7.11 Å². The molecule has 0 amide bonds. The number of hydrogen-bond acceptors (Lipinski definition) is 9. The van der Waals surface area contributed by atoms with Gasteiger partial charge in [-0.3, -0.25) is 13.6 Å². The highest BCUT2D eigenvalue weighted by Gasteiger charge is 2.58. The second-order valence-electron chi connectivity index (χ2n) is 11.1. The van der Waals surface area contributed by atoms with Crippen molar-refractivity contribution in [1.82, 2.24) is 0 Å². The van der Waals surface area contributed by atoms with E-state index < -0.39 is 44.6 Å². The van der Waals surface area contributed by atoms with Gasteiger partial charge in [-0.1, -0.05) is 121 Å². The van der Waals surface area contributed by atoms with Crippen molar-refractivity contribution in [2.75, 3.05) is 13.7 Å². The fourth-order valence-electron chi connectivity index (χ4n) is 5.52. The molecule has 4 aromatic rings. The molecule has 2 aliphatic heterocycles. The highest BCUT2D eigenvalue weighted by Crippen LogP contribution is 2.52. The van der Waals surface area contributed by atoms with Crippen molar-refractivity contribution in [2.45, 2.75) is 63.2 Å². The van der Waals surface area contributed by atoms with Crippen molar-refractivity contribution in [2.24, 2.45) is 0 Å². The van der Waals surface area contributed by atoms with E-state index >= 15 is 0 Å². The Morgan fingerprint density at radius 3 is 1.43 bits per heavy atom. The summed E-state index contributed by atoms with van der Waals surface area (Å²) in [5.74, 6) is 0. The normalized spacial score (nSPS) is 24.2. The van der Waals surface area contributed by atoms with Gasteiger partial charge in [0.15, 0.2) is 6.29 Å². The molecular formula is C36H39O9P. The first kappa shape index (κ1) is 32.7. The van der Waals surface area contributed by atoms with E-state index in [0.717, 1.165) is 22.3 Å². The molecule has 0 radical (unpaired) electrons. The van der Waals surface area contributed by atoms with Crippen LogP contribution in [-0.2, 0) is 68.2 Å². The van der Waals surface area contributed by atoms with Gasteiger partial charge in [0.25, 0.3) is 0 Å². The van der Waals surface area contributed by atoms with Crippen LogP contribution >= 0.6 is 7.82 Å². The molecule has 10 heteroatoms. The zero-order valence-corrected chi connectivity index (χ0v) is 26.6. The Labute approximate surface area is 269 Å². The van der Waals surface area contributed by atoms with Crippen molar-refractivity contribution in [3.05, 3.63) is 144 Å². The number of benzene rings is 4. The number of ether oxygens (including phenoxy) is 5. The average Bonchev–Trinajstić information content (AvgIpc) is 3.37. The summed E-state index contributed by atoms with van der Waals surface area (Å²) >= 11 is 0. The lowest BCUT2D eigenvalue weighted by atomic mass is 9.99. The predicted molar refractivity (Wildman–Crippen MR) is 170 cm³/mol. The predicted octanol–water partition coefficient (Wildman–Crippen LogP) is 6.85. The summed E-state index contributed by atoms with van der Waals surface area (Å²) in [4.78, 5) is 0. The van der Waals surface area contributed by atoms with Crippen molar-refractivity contribution < 1.29 is 41.8 Å². The topological polar surface area (TPSA) is 90.9 Å². The van der Waals surface area contributed by atoms with Gasteiger partial charge in [0.1, 0.15) is 30.5 Å². The molecule has 0 unspecified atom stereocenters. The van der Waals surface area contributed by atoms with Crippen LogP contribution in [0.2, 0.25) is 0 Å². The summed E-state index contributed by atoms with van der Waals surface area (Å²) in [6, 6.07) is 38.6. The van der Waals surface area contributed by atoms with Crippen LogP contribution in [0.3, 0.4) is 0 Å². The first-order valence-corrected chi connectivity index (χ1v) is 16.8. The molecule has 2 heterocycles. The van der Waals surface area contributed by atoms with E-state index in [-0.39, 0.29) is 19.8 Å². The van der Waals surface area contributed by atoms with Gasteiger partial charge < -0.3 is 23.7 Å². The van der Waals surface area contributed by atoms with Gasteiger partial charge in [-0.25, -0.2) is 4.57 Å². The Hall–Kier alpha value is -3.21. The molecule has 0 N–H and O–H groups in total. The molecule has 0 spiro atoms. The summed E-state index contributed by atoms with van der Waals surface area (Å²) in [7, 11) is -2.48. The SMILES string of the molecule is CO[C@H]1O[C@H]2[C@@H](OCc3ccccc3)[C@H](O[C@@H]2COP(=O)(OCc2ccccc2)OCc2ccccc2)[C@@H]1OCc1ccccc1. The smallest absolute Gasteiger partial charge is 0.368 e. The van der Waals surface area contributed by atoms with Gasteiger partial charge in [0.2, 0.25) is 0 Å². The lowest BCUT2D eigenvalue weighted by Gasteiger charge is -2.39. The molecule has 2 aliphatic rings. The summed E-state index contributed by atoms with van der Waals surface area (Å²) in [5.41, 5.74) is 3.69. The van der Waals surface area contributed by atoms with E-state index in [2.05, 4.69) is 0 Å². The number of hydrogen-bond donors (Lipinski definition) is 0. The van der Waals surface area contributed by atoms with Crippen LogP contribution in [0.5, 0.6) is 0 Å². The van der Waals surface area contributed by atoms with Crippen molar-refractivity contribution in [3.8, 4) is 0 Å². The van der Waals surface area contributed by atoms with Crippen LogP contribution in [0, 0.1) is 0 Å². The van der Waals surface area contributed by atoms with E-state index in [9.17, 15) is 4.57 Å². The molecule has 0 aromatic heterocycles. The molecule has 2 fully saturated rings. The Bertz CT molecular complexity index is 1460. The Morgan fingerprint density at radius 2 is 0.978 bits per heavy atom. The third-order valence-electron chi connectivity index (χ3n) is 7.89. The van der Waals surface area contributed by atoms with E-state index in [4.69, 9.17) is 37.3 Å². The Morgan fingerprint density at radius 1 is 0.543 bits per heavy atom. The molecule has 9 nitrogen and oxygen atoms in total. The summed E-state index contributed by atoms with van der Waals surface area (Å²) in [6.45, 7) is 0.646. The molecule has 0 saturated carbocycles. The zero-order chi connectivity index (χ0) is 31.6. The third kappa shape index (κ3) is 8.57. The quantitative estimate of drug-likeness (QED) is 0.121. The number of phosphoric acid groups is 1. The summed E-state index contributed by atoms with van der Waals surface area (Å²) < 4.78 is 63.1. The number of phosphoric ester groups is 1. The third-order valence-corrected chi connectivity index (χ3v) is 9.25. The number of fused-ring (bicyclic) bond motifs is 2. The summed E-state index contributed by atoms with van der Waals surface area (Å²) in [6.07, 6.45) is -3.61. The van der Waals surface area contributed by atoms with Crippen LogP contribution in [0.4, 0.5) is 0 Å². The standard InChI is InChI=1S/C36H39O9P/c1-38-36-35(40-23-28-16-8-3-9-17-28)34-33(39-22-27-14-6-2-7-15-27)32(45-36)31(44-34)26-43-46(37,41-24-29-18-10-4-11-19-29)42-25-30-20-12-5-13-21-30/h2-21,31-36H,22-26H2,1H3/t31-,32-,33-,34+,35+,36+/m1/s1. The van der Waals surface area contributed by atoms with Crippen LogP contribution in [0.25, 0.3) is 0 Å². The van der Waals surface area contributed by atoms with Gasteiger partial charge in [-0.05, 0) is 22.3 Å². The molecule has 2 bridgehead atoms. The van der Waals surface area contributed by atoms with Crippen LogP contribution < -0.4 is 0 Å². The van der Waals surface area contributed by atoms with Gasteiger partial charge in [-0.2, -0.15) is 0 Å². The molecule has 6 atom stereocenters. The maximum absolute atomic E-state index is 14.0. The molecular weight excluding hydrogens is 607 g/mol. The Balaban J connectivity index is 1.18. The fourth-order valence-corrected chi connectivity index (χ4v) is 6.69. The van der Waals surface area contributed by atoms with Gasteiger partial charge in [0, 0.05) is 7.11 Å². The second kappa shape index (κ2) is 16.1. The van der Waals surface area contributed by atoms with E-state index in [1.807, 2.05) is 121 Å². The lowest BCUT2D eigenvalue weighted by Crippen LogP contribution is -2.56. The summed E-state index contributed by atoms with van der Waals surface area (Å²) in [5, 5.41) is 0. The second-order valence-corrected chi connectivity index (χ2v) is 12.8. The first-order valence-electron chi connectivity index (χ1n) is 15.4. The van der Waals surface area contributed by atoms with Crippen LogP contribution in [-0.4, -0.2) is 50.5 Å². The molecule has 6 rings (SSSR count). The monoisotopic (exact) mass is 646 g/mol. The minimum Gasteiger partial charge on any atom is -0.368 e. The van der Waals surface area contributed by atoms with Crippen molar-refractivity contribution in [1.29, 1.82) is 0 Å². The van der Waals surface area contributed by atoms with E-state index in [0.29, 0.717) is 13.2 Å².